The molecule has 0 aromatic heterocycles. The number of rotatable bonds is 4. The Hall–Kier alpha value is -2.78. The standard InChI is InChI=1S/C21H22FN3O4S/c22-17-6-4-5-16(13-17)14-23-15-20(26)25-12-11-24(10-9-19(25)21(23)27)30(28,29)18-7-2-1-3-8-18/h1-8,13,19H,9-12,14-15H2. The summed E-state index contributed by atoms with van der Waals surface area (Å²) < 4.78 is 40.7. The lowest BCUT2D eigenvalue weighted by atomic mass is 10.1. The normalized spacial score (nSPS) is 20.8. The third-order valence-electron chi connectivity index (χ3n) is 5.51. The number of fused-ring (bicyclic) bond motifs is 1. The van der Waals surface area contributed by atoms with Crippen LogP contribution in [0.5, 0.6) is 0 Å². The van der Waals surface area contributed by atoms with Crippen molar-refractivity contribution in [3.8, 4) is 0 Å². The van der Waals surface area contributed by atoms with E-state index in [-0.39, 0.29) is 55.9 Å². The number of hydrogen-bond donors (Lipinski definition) is 0. The molecular weight excluding hydrogens is 409 g/mol. The molecule has 0 N–H and O–H groups in total. The average Bonchev–Trinajstić information content (AvgIpc) is 2.97. The van der Waals surface area contributed by atoms with Gasteiger partial charge in [0.1, 0.15) is 18.4 Å². The van der Waals surface area contributed by atoms with Crippen LogP contribution in [0.25, 0.3) is 0 Å². The van der Waals surface area contributed by atoms with Gasteiger partial charge in [-0.15, -0.1) is 0 Å². The second-order valence-electron chi connectivity index (χ2n) is 7.43. The summed E-state index contributed by atoms with van der Waals surface area (Å²) in [5, 5.41) is 0. The monoisotopic (exact) mass is 431 g/mol. The predicted molar refractivity (Wildman–Crippen MR) is 107 cm³/mol. The van der Waals surface area contributed by atoms with Crippen LogP contribution in [-0.4, -0.2) is 66.6 Å². The van der Waals surface area contributed by atoms with Gasteiger partial charge in [-0.2, -0.15) is 4.31 Å². The molecular formula is C21H22FN3O4S. The molecule has 0 spiro atoms. The number of piperazine rings is 1. The van der Waals surface area contributed by atoms with Crippen molar-refractivity contribution in [1.82, 2.24) is 14.1 Å². The van der Waals surface area contributed by atoms with Crippen LogP contribution in [0.4, 0.5) is 4.39 Å². The topological polar surface area (TPSA) is 78.0 Å². The second kappa shape index (κ2) is 8.16. The average molecular weight is 431 g/mol. The molecule has 1 unspecified atom stereocenters. The first-order chi connectivity index (χ1) is 14.4. The molecule has 2 amide bonds. The van der Waals surface area contributed by atoms with Crippen LogP contribution in [0.1, 0.15) is 12.0 Å². The van der Waals surface area contributed by atoms with Crippen molar-refractivity contribution in [1.29, 1.82) is 0 Å². The molecule has 1 atom stereocenters. The van der Waals surface area contributed by atoms with Gasteiger partial charge in [0.15, 0.2) is 0 Å². The number of benzene rings is 2. The minimum atomic E-state index is -3.70. The zero-order chi connectivity index (χ0) is 21.3. The van der Waals surface area contributed by atoms with Crippen molar-refractivity contribution in [2.24, 2.45) is 0 Å². The molecule has 0 saturated carbocycles. The van der Waals surface area contributed by atoms with Crippen LogP contribution < -0.4 is 0 Å². The van der Waals surface area contributed by atoms with E-state index >= 15 is 0 Å². The molecule has 2 heterocycles. The molecule has 2 aromatic rings. The van der Waals surface area contributed by atoms with Crippen molar-refractivity contribution < 1.29 is 22.4 Å². The molecule has 9 heteroatoms. The van der Waals surface area contributed by atoms with Gasteiger partial charge in [-0.1, -0.05) is 30.3 Å². The maximum atomic E-state index is 13.5. The molecule has 158 valence electrons. The van der Waals surface area contributed by atoms with Crippen LogP contribution in [-0.2, 0) is 26.2 Å². The summed E-state index contributed by atoms with van der Waals surface area (Å²) in [6.07, 6.45) is 0.219. The molecule has 2 fully saturated rings. The summed E-state index contributed by atoms with van der Waals surface area (Å²) in [6.45, 7) is 0.479. The SMILES string of the molecule is O=C1C2CCN(S(=O)(=O)c3ccccc3)CCN2C(=O)CN1Cc1cccc(F)c1. The maximum Gasteiger partial charge on any atom is 0.246 e. The fourth-order valence-corrected chi connectivity index (χ4v) is 5.45. The molecule has 0 bridgehead atoms. The summed E-state index contributed by atoms with van der Waals surface area (Å²) in [4.78, 5) is 28.8. The molecule has 4 rings (SSSR count). The Morgan fingerprint density at radius 2 is 1.73 bits per heavy atom. The Balaban J connectivity index is 1.52. The summed E-state index contributed by atoms with van der Waals surface area (Å²) in [7, 11) is -3.70. The number of hydrogen-bond acceptors (Lipinski definition) is 4. The van der Waals surface area contributed by atoms with Gasteiger partial charge in [0.25, 0.3) is 0 Å². The maximum absolute atomic E-state index is 13.5. The van der Waals surface area contributed by atoms with E-state index in [0.29, 0.717) is 5.56 Å². The highest BCUT2D eigenvalue weighted by molar-refractivity contribution is 7.89. The quantitative estimate of drug-likeness (QED) is 0.734. The third-order valence-corrected chi connectivity index (χ3v) is 7.42. The van der Waals surface area contributed by atoms with Crippen molar-refractivity contribution >= 4 is 21.8 Å². The van der Waals surface area contributed by atoms with E-state index in [9.17, 15) is 22.4 Å². The van der Waals surface area contributed by atoms with Gasteiger partial charge in [-0.05, 0) is 36.2 Å². The largest absolute Gasteiger partial charge is 0.328 e. The first kappa shape index (κ1) is 20.5. The fourth-order valence-electron chi connectivity index (χ4n) is 3.98. The van der Waals surface area contributed by atoms with Gasteiger partial charge >= 0.3 is 0 Å². The number of carbonyl (C=O) groups excluding carboxylic acids is 2. The summed E-state index contributed by atoms with van der Waals surface area (Å²) in [6, 6.07) is 13.3. The molecule has 2 aliphatic rings. The molecule has 2 aliphatic heterocycles. The molecule has 0 aliphatic carbocycles. The zero-order valence-electron chi connectivity index (χ0n) is 16.3. The minimum absolute atomic E-state index is 0.0999. The molecule has 2 aromatic carbocycles. The van der Waals surface area contributed by atoms with E-state index in [1.807, 2.05) is 0 Å². The highest BCUT2D eigenvalue weighted by Crippen LogP contribution is 2.24. The summed E-state index contributed by atoms with van der Waals surface area (Å²) >= 11 is 0. The molecule has 7 nitrogen and oxygen atoms in total. The summed E-state index contributed by atoms with van der Waals surface area (Å²) in [5.74, 6) is -0.867. The fraction of sp³-hybridized carbons (Fsp3) is 0.333. The van der Waals surface area contributed by atoms with Crippen molar-refractivity contribution in [2.45, 2.75) is 23.9 Å². The summed E-state index contributed by atoms with van der Waals surface area (Å²) in [5.41, 5.74) is 0.603. The Kier molecular flexibility index (Phi) is 5.57. The van der Waals surface area contributed by atoms with Crippen molar-refractivity contribution in [3.63, 3.8) is 0 Å². The first-order valence-corrected chi connectivity index (χ1v) is 11.2. The Morgan fingerprint density at radius 3 is 2.47 bits per heavy atom. The van der Waals surface area contributed by atoms with Gasteiger partial charge in [0.05, 0.1) is 4.90 Å². The van der Waals surface area contributed by atoms with Crippen LogP contribution >= 0.6 is 0 Å². The highest BCUT2D eigenvalue weighted by atomic mass is 32.2. The molecule has 30 heavy (non-hydrogen) atoms. The lowest BCUT2D eigenvalue weighted by Crippen LogP contribution is -2.59. The van der Waals surface area contributed by atoms with Gasteiger partial charge in [0, 0.05) is 26.2 Å². The Labute approximate surface area is 174 Å². The van der Waals surface area contributed by atoms with Crippen molar-refractivity contribution in [3.05, 3.63) is 66.0 Å². The van der Waals surface area contributed by atoms with E-state index < -0.39 is 21.9 Å². The van der Waals surface area contributed by atoms with E-state index in [0.717, 1.165) is 0 Å². The Morgan fingerprint density at radius 1 is 0.967 bits per heavy atom. The van der Waals surface area contributed by atoms with E-state index in [2.05, 4.69) is 0 Å². The smallest absolute Gasteiger partial charge is 0.246 e. The van der Waals surface area contributed by atoms with E-state index in [1.54, 1.807) is 30.3 Å². The zero-order valence-corrected chi connectivity index (χ0v) is 17.1. The number of carbonyl (C=O) groups is 2. The minimum Gasteiger partial charge on any atom is -0.328 e. The second-order valence-corrected chi connectivity index (χ2v) is 9.37. The predicted octanol–water partition coefficient (Wildman–Crippen LogP) is 1.46. The number of nitrogens with zero attached hydrogens (tertiary/aromatic N) is 3. The third kappa shape index (κ3) is 3.95. The highest BCUT2D eigenvalue weighted by Gasteiger charge is 2.42. The van der Waals surface area contributed by atoms with Gasteiger partial charge < -0.3 is 9.80 Å². The van der Waals surface area contributed by atoms with Gasteiger partial charge in [0.2, 0.25) is 21.8 Å². The number of sulfonamides is 1. The van der Waals surface area contributed by atoms with Crippen LogP contribution in [0.15, 0.2) is 59.5 Å². The van der Waals surface area contributed by atoms with Crippen molar-refractivity contribution in [2.75, 3.05) is 26.2 Å². The van der Waals surface area contributed by atoms with Gasteiger partial charge in [-0.25, -0.2) is 12.8 Å². The Bertz CT molecular complexity index is 1060. The van der Waals surface area contributed by atoms with Crippen LogP contribution in [0.2, 0.25) is 0 Å². The number of halogens is 1. The van der Waals surface area contributed by atoms with Gasteiger partial charge in [-0.3, -0.25) is 9.59 Å². The lowest BCUT2D eigenvalue weighted by molar-refractivity contribution is -0.156. The first-order valence-electron chi connectivity index (χ1n) is 9.74. The van der Waals surface area contributed by atoms with E-state index in [1.165, 1.54) is 38.4 Å². The molecule has 0 radical (unpaired) electrons. The van der Waals surface area contributed by atoms with E-state index in [4.69, 9.17) is 0 Å². The lowest BCUT2D eigenvalue weighted by Gasteiger charge is -2.39. The van der Waals surface area contributed by atoms with Crippen LogP contribution in [0.3, 0.4) is 0 Å². The van der Waals surface area contributed by atoms with Crippen LogP contribution in [0, 0.1) is 5.82 Å². The molecule has 2 saturated heterocycles. The number of amides is 2.